The van der Waals surface area contributed by atoms with Crippen molar-refractivity contribution >= 4 is 11.7 Å². The van der Waals surface area contributed by atoms with Crippen LogP contribution in [0.4, 0.5) is 5.82 Å². The molecule has 1 aliphatic rings. The first-order chi connectivity index (χ1) is 11.7. The van der Waals surface area contributed by atoms with Gasteiger partial charge in [-0.1, -0.05) is 31.2 Å². The highest BCUT2D eigenvalue weighted by atomic mass is 16.2. The van der Waals surface area contributed by atoms with Crippen molar-refractivity contribution < 1.29 is 4.79 Å². The lowest BCUT2D eigenvalue weighted by molar-refractivity contribution is 0.0736. The third-order valence-electron chi connectivity index (χ3n) is 4.73. The minimum Gasteiger partial charge on any atom is -0.367 e. The maximum absolute atomic E-state index is 12.9. The summed E-state index contributed by atoms with van der Waals surface area (Å²) in [6.45, 7) is 5.11. The normalized spacial score (nSPS) is 18.4. The van der Waals surface area contributed by atoms with Crippen LogP contribution in [0.25, 0.3) is 0 Å². The van der Waals surface area contributed by atoms with Crippen molar-refractivity contribution in [3.63, 3.8) is 0 Å². The van der Waals surface area contributed by atoms with E-state index in [4.69, 9.17) is 0 Å². The predicted molar refractivity (Wildman–Crippen MR) is 97.1 cm³/mol. The average Bonchev–Trinajstić information content (AvgIpc) is 3.11. The van der Waals surface area contributed by atoms with Crippen molar-refractivity contribution in [2.75, 3.05) is 11.9 Å². The van der Waals surface area contributed by atoms with E-state index in [-0.39, 0.29) is 11.9 Å². The van der Waals surface area contributed by atoms with Gasteiger partial charge in [0.15, 0.2) is 0 Å². The van der Waals surface area contributed by atoms with E-state index < -0.39 is 0 Å². The van der Waals surface area contributed by atoms with Crippen molar-refractivity contribution in [1.82, 2.24) is 9.88 Å². The van der Waals surface area contributed by atoms with Crippen molar-refractivity contribution in [1.29, 1.82) is 0 Å². The molecule has 4 nitrogen and oxygen atoms in total. The van der Waals surface area contributed by atoms with Gasteiger partial charge in [0.25, 0.3) is 5.91 Å². The molecular formula is C20H25N3O. The highest BCUT2D eigenvalue weighted by molar-refractivity contribution is 5.94. The van der Waals surface area contributed by atoms with Gasteiger partial charge in [0.2, 0.25) is 0 Å². The number of nitrogens with zero attached hydrogens (tertiary/aromatic N) is 2. The highest BCUT2D eigenvalue weighted by Gasteiger charge is 2.32. The first kappa shape index (κ1) is 16.5. The lowest BCUT2D eigenvalue weighted by Crippen LogP contribution is -2.31. The molecule has 1 aromatic heterocycles. The van der Waals surface area contributed by atoms with E-state index >= 15 is 0 Å². The summed E-state index contributed by atoms with van der Waals surface area (Å²) in [6.07, 6.45) is 4.86. The minimum absolute atomic E-state index is 0.0953. The molecule has 126 valence electrons. The summed E-state index contributed by atoms with van der Waals surface area (Å²) < 4.78 is 0. The number of anilines is 1. The van der Waals surface area contributed by atoms with E-state index in [1.165, 1.54) is 0 Å². The Bertz CT molecular complexity index is 686. The number of nitrogens with one attached hydrogen (secondary N) is 1. The Morgan fingerprint density at radius 2 is 2.08 bits per heavy atom. The summed E-state index contributed by atoms with van der Waals surface area (Å²) in [6, 6.07) is 14.1. The van der Waals surface area contributed by atoms with Gasteiger partial charge in [0.1, 0.15) is 5.82 Å². The van der Waals surface area contributed by atoms with Crippen LogP contribution in [0.1, 0.15) is 55.1 Å². The van der Waals surface area contributed by atoms with Crippen LogP contribution in [0.15, 0.2) is 48.7 Å². The zero-order chi connectivity index (χ0) is 16.9. The summed E-state index contributed by atoms with van der Waals surface area (Å²) >= 11 is 0. The molecule has 1 amide bonds. The summed E-state index contributed by atoms with van der Waals surface area (Å²) in [5, 5.41) is 3.49. The predicted octanol–water partition coefficient (Wildman–Crippen LogP) is 4.27. The quantitative estimate of drug-likeness (QED) is 0.894. The number of rotatable bonds is 5. The van der Waals surface area contributed by atoms with E-state index in [0.717, 1.165) is 42.8 Å². The monoisotopic (exact) mass is 323 g/mol. The molecule has 2 unspecified atom stereocenters. The number of hydrogen-bond acceptors (Lipinski definition) is 3. The molecule has 2 heterocycles. The van der Waals surface area contributed by atoms with E-state index in [0.29, 0.717) is 6.04 Å². The number of likely N-dealkylation sites (tertiary alicyclic amines) is 1. The van der Waals surface area contributed by atoms with Gasteiger partial charge in [-0.05, 0) is 44.4 Å². The number of amides is 1. The summed E-state index contributed by atoms with van der Waals surface area (Å²) in [7, 11) is 0. The van der Waals surface area contributed by atoms with Gasteiger partial charge >= 0.3 is 0 Å². The van der Waals surface area contributed by atoms with Crippen LogP contribution in [0, 0.1) is 0 Å². The van der Waals surface area contributed by atoms with Gasteiger partial charge in [-0.25, -0.2) is 4.98 Å². The van der Waals surface area contributed by atoms with Crippen LogP contribution in [-0.4, -0.2) is 28.4 Å². The fourth-order valence-corrected chi connectivity index (χ4v) is 3.22. The van der Waals surface area contributed by atoms with Crippen LogP contribution in [0.3, 0.4) is 0 Å². The van der Waals surface area contributed by atoms with Crippen LogP contribution in [0.5, 0.6) is 0 Å². The second kappa shape index (κ2) is 7.47. The molecule has 1 fully saturated rings. The molecule has 24 heavy (non-hydrogen) atoms. The highest BCUT2D eigenvalue weighted by Crippen LogP contribution is 2.36. The Morgan fingerprint density at radius 1 is 1.29 bits per heavy atom. The van der Waals surface area contributed by atoms with Crippen molar-refractivity contribution in [3.8, 4) is 0 Å². The average molecular weight is 323 g/mol. The number of benzene rings is 1. The first-order valence-electron chi connectivity index (χ1n) is 8.78. The molecule has 4 heteroatoms. The van der Waals surface area contributed by atoms with Crippen molar-refractivity contribution in [2.24, 2.45) is 0 Å². The summed E-state index contributed by atoms with van der Waals surface area (Å²) in [5.74, 6) is 1.01. The Hall–Kier alpha value is -2.36. The molecular weight excluding hydrogens is 298 g/mol. The third-order valence-corrected chi connectivity index (χ3v) is 4.73. The second-order valence-electron chi connectivity index (χ2n) is 6.42. The maximum atomic E-state index is 12.9. The smallest absolute Gasteiger partial charge is 0.254 e. The number of aromatic nitrogens is 1. The number of pyridine rings is 1. The fraction of sp³-hybridized carbons (Fsp3) is 0.400. The van der Waals surface area contributed by atoms with E-state index in [9.17, 15) is 4.79 Å². The molecule has 0 aliphatic carbocycles. The number of carbonyl (C=O) groups is 1. The van der Waals surface area contributed by atoms with Crippen LogP contribution < -0.4 is 5.32 Å². The Kier molecular flexibility index (Phi) is 5.14. The van der Waals surface area contributed by atoms with E-state index in [1.807, 2.05) is 47.5 Å². The van der Waals surface area contributed by atoms with Gasteiger partial charge in [0.05, 0.1) is 6.04 Å². The first-order valence-corrected chi connectivity index (χ1v) is 8.78. The van der Waals surface area contributed by atoms with E-state index in [1.54, 1.807) is 0 Å². The standard InChI is InChI=1S/C20H25N3O/c1-3-15(2)22-19-17(11-7-13-21-19)18-12-8-14-23(18)20(24)16-9-5-4-6-10-16/h4-7,9-11,13,15,18H,3,8,12,14H2,1-2H3,(H,21,22). The van der Waals surface area contributed by atoms with Crippen LogP contribution in [0.2, 0.25) is 0 Å². The molecule has 1 saturated heterocycles. The number of carbonyl (C=O) groups excluding carboxylic acids is 1. The maximum Gasteiger partial charge on any atom is 0.254 e. The van der Waals surface area contributed by atoms with Gasteiger partial charge in [-0.2, -0.15) is 0 Å². The zero-order valence-corrected chi connectivity index (χ0v) is 14.4. The van der Waals surface area contributed by atoms with Crippen molar-refractivity contribution in [2.45, 2.75) is 45.2 Å². The molecule has 2 aromatic rings. The van der Waals surface area contributed by atoms with Crippen molar-refractivity contribution in [3.05, 3.63) is 59.8 Å². The molecule has 3 rings (SSSR count). The van der Waals surface area contributed by atoms with Gasteiger partial charge in [-0.3, -0.25) is 4.79 Å². The molecule has 0 radical (unpaired) electrons. The van der Waals surface area contributed by atoms with Crippen LogP contribution >= 0.6 is 0 Å². The fourth-order valence-electron chi connectivity index (χ4n) is 3.22. The zero-order valence-electron chi connectivity index (χ0n) is 14.4. The lowest BCUT2D eigenvalue weighted by Gasteiger charge is -2.27. The summed E-state index contributed by atoms with van der Waals surface area (Å²) in [5.41, 5.74) is 1.88. The minimum atomic E-state index is 0.0953. The van der Waals surface area contributed by atoms with Gasteiger partial charge < -0.3 is 10.2 Å². The molecule has 0 bridgehead atoms. The molecule has 2 atom stereocenters. The largest absolute Gasteiger partial charge is 0.367 e. The SMILES string of the molecule is CCC(C)Nc1ncccc1C1CCCN1C(=O)c1ccccc1. The molecule has 0 saturated carbocycles. The molecule has 1 N–H and O–H groups in total. The number of hydrogen-bond donors (Lipinski definition) is 1. The van der Waals surface area contributed by atoms with Gasteiger partial charge in [-0.15, -0.1) is 0 Å². The Labute approximate surface area is 143 Å². The topological polar surface area (TPSA) is 45.2 Å². The summed E-state index contributed by atoms with van der Waals surface area (Å²) in [4.78, 5) is 19.4. The Balaban J connectivity index is 1.87. The third kappa shape index (κ3) is 3.42. The van der Waals surface area contributed by atoms with Crippen LogP contribution in [-0.2, 0) is 0 Å². The lowest BCUT2D eigenvalue weighted by atomic mass is 10.0. The molecule has 1 aliphatic heterocycles. The van der Waals surface area contributed by atoms with E-state index in [2.05, 4.69) is 30.2 Å². The second-order valence-corrected chi connectivity index (χ2v) is 6.42. The molecule has 1 aromatic carbocycles. The molecule has 0 spiro atoms. The van der Waals surface area contributed by atoms with Gasteiger partial charge in [0, 0.05) is 29.9 Å². The Morgan fingerprint density at radius 3 is 2.83 bits per heavy atom.